The average Bonchev–Trinajstić information content (AvgIpc) is 3.66. The molecule has 0 unspecified atom stereocenters. The van der Waals surface area contributed by atoms with Crippen LogP contribution in [-0.2, 0) is 16.6 Å². The molecule has 6 nitrogen and oxygen atoms in total. The van der Waals surface area contributed by atoms with E-state index in [4.69, 9.17) is 4.74 Å². The number of phenolic OH excluding ortho intramolecular Hbond substituents is 1. The summed E-state index contributed by atoms with van der Waals surface area (Å²) >= 11 is 0. The van der Waals surface area contributed by atoms with Gasteiger partial charge in [0.05, 0.1) is 12.6 Å². The minimum absolute atomic E-state index is 0.0201. The number of benzene rings is 1. The molecule has 5 heterocycles. The van der Waals surface area contributed by atoms with E-state index in [0.29, 0.717) is 24.2 Å². The lowest BCUT2D eigenvalue weighted by atomic mass is 9.42. The van der Waals surface area contributed by atoms with Crippen LogP contribution in [0.2, 0.25) is 25.2 Å². The Morgan fingerprint density at radius 3 is 2.68 bits per heavy atom. The predicted octanol–water partition coefficient (Wildman–Crippen LogP) is 3.84. The number of hydrogen-bond acceptors (Lipinski definition) is 5. The molecule has 2 saturated carbocycles. The molecule has 1 aromatic rings. The van der Waals surface area contributed by atoms with E-state index in [1.807, 2.05) is 6.07 Å². The first-order valence-electron chi connectivity index (χ1n) is 15.1. The van der Waals surface area contributed by atoms with E-state index in [-0.39, 0.29) is 23.0 Å². The molecule has 1 aromatic carbocycles. The second-order valence-electron chi connectivity index (χ2n) is 14.4. The minimum atomic E-state index is -1.06. The van der Waals surface area contributed by atoms with Gasteiger partial charge in [-0.05, 0) is 94.2 Å². The summed E-state index contributed by atoms with van der Waals surface area (Å²) in [5.74, 6) is 2.25. The van der Waals surface area contributed by atoms with E-state index < -0.39 is 8.07 Å². The van der Waals surface area contributed by atoms with Crippen molar-refractivity contribution in [2.45, 2.75) is 93.7 Å². The molecule has 2 spiro atoms. The van der Waals surface area contributed by atoms with Gasteiger partial charge in [-0.15, -0.1) is 0 Å². The predicted molar refractivity (Wildman–Crippen MR) is 146 cm³/mol. The van der Waals surface area contributed by atoms with Gasteiger partial charge in [0.1, 0.15) is 6.10 Å². The molecule has 200 valence electrons. The van der Waals surface area contributed by atoms with Gasteiger partial charge in [-0.2, -0.15) is 0 Å². The Balaban J connectivity index is 1.17. The monoisotopic (exact) mass is 521 g/mol. The van der Waals surface area contributed by atoms with Gasteiger partial charge in [-0.1, -0.05) is 19.2 Å². The molecule has 8 aliphatic rings. The van der Waals surface area contributed by atoms with Crippen LogP contribution in [0.3, 0.4) is 0 Å². The maximum absolute atomic E-state index is 14.0. The van der Waals surface area contributed by atoms with Crippen LogP contribution in [0.25, 0.3) is 0 Å². The summed E-state index contributed by atoms with van der Waals surface area (Å²) in [6, 6.07) is 7.30. The molecule has 0 aromatic heterocycles. The molecule has 7 heteroatoms. The van der Waals surface area contributed by atoms with Crippen molar-refractivity contribution in [3.8, 4) is 11.5 Å². The summed E-state index contributed by atoms with van der Waals surface area (Å²) in [4.78, 5) is 21.5. The molecule has 1 amide bonds. The number of nitrogens with zero attached hydrogens (tertiary/aromatic N) is 3. The van der Waals surface area contributed by atoms with E-state index >= 15 is 0 Å². The summed E-state index contributed by atoms with van der Waals surface area (Å²) in [7, 11) is -1.06. The van der Waals surface area contributed by atoms with Crippen molar-refractivity contribution >= 4 is 14.0 Å². The smallest absolute Gasteiger partial charge is 0.237 e. The van der Waals surface area contributed by atoms with Crippen molar-refractivity contribution < 1.29 is 14.6 Å². The first kappa shape index (κ1) is 23.3. The van der Waals surface area contributed by atoms with E-state index in [0.717, 1.165) is 63.5 Å². The van der Waals surface area contributed by atoms with E-state index in [9.17, 15) is 9.90 Å². The third kappa shape index (κ3) is 3.14. The van der Waals surface area contributed by atoms with Gasteiger partial charge >= 0.3 is 0 Å². The summed E-state index contributed by atoms with van der Waals surface area (Å²) in [5.41, 5.74) is 2.82. The van der Waals surface area contributed by atoms with Crippen LogP contribution in [0.1, 0.15) is 49.7 Å². The van der Waals surface area contributed by atoms with Gasteiger partial charge < -0.3 is 14.7 Å². The lowest BCUT2D eigenvalue weighted by Gasteiger charge is -2.66. The van der Waals surface area contributed by atoms with Crippen LogP contribution in [0.4, 0.5) is 0 Å². The molecule has 4 bridgehead atoms. The molecular weight excluding hydrogens is 478 g/mol. The number of amides is 1. The average molecular weight is 522 g/mol. The van der Waals surface area contributed by atoms with Crippen molar-refractivity contribution in [1.82, 2.24) is 14.7 Å². The third-order valence-electron chi connectivity index (χ3n) is 12.1. The largest absolute Gasteiger partial charge is 0.504 e. The summed E-state index contributed by atoms with van der Waals surface area (Å²) in [6.07, 6.45) is 8.24. The Bertz CT molecular complexity index is 1140. The van der Waals surface area contributed by atoms with Crippen molar-refractivity contribution in [3.63, 3.8) is 0 Å². The quantitative estimate of drug-likeness (QED) is 0.611. The molecule has 9 rings (SSSR count). The maximum Gasteiger partial charge on any atom is 0.237 e. The highest BCUT2D eigenvalue weighted by molar-refractivity contribution is 6.77. The molecule has 3 aliphatic carbocycles. The van der Waals surface area contributed by atoms with E-state index in [1.165, 1.54) is 49.0 Å². The van der Waals surface area contributed by atoms with Crippen molar-refractivity contribution in [3.05, 3.63) is 23.3 Å². The van der Waals surface area contributed by atoms with Crippen LogP contribution >= 0.6 is 0 Å². The standard InChI is InChI=1S/C30H43N3O3Si/c1-37(2)15-13-31(14-16-37)19-25(35)33-12-9-29-8-7-22(33)28-30(29)10-11-32(18-20-3-4-20)24(29)17-21-5-6-23(34)27(36-28)26(21)30/h5-6,20,22,24,28,34H,3-4,7-19H2,1-2H3/t22-,24-,28+,29-,30+/m1/s1. The molecule has 5 atom stereocenters. The molecular formula is C30H43N3O3Si. The van der Waals surface area contributed by atoms with Crippen LogP contribution in [0.5, 0.6) is 11.5 Å². The number of fused-ring (bicyclic) bond motifs is 3. The summed E-state index contributed by atoms with van der Waals surface area (Å²) < 4.78 is 6.87. The number of carbonyl (C=O) groups excluding carboxylic acids is 1. The number of phenols is 1. The second kappa shape index (κ2) is 7.76. The number of ether oxygens (including phenoxy) is 1. The minimum Gasteiger partial charge on any atom is -0.504 e. The van der Waals surface area contributed by atoms with E-state index in [1.54, 1.807) is 0 Å². The Labute approximate surface area is 222 Å². The fourth-order valence-corrected chi connectivity index (χ4v) is 12.0. The third-order valence-corrected chi connectivity index (χ3v) is 15.2. The number of likely N-dealkylation sites (tertiary alicyclic amines) is 1. The van der Waals surface area contributed by atoms with Crippen molar-refractivity contribution in [2.24, 2.45) is 11.3 Å². The molecule has 1 N–H and O–H groups in total. The van der Waals surface area contributed by atoms with Crippen LogP contribution in [-0.4, -0.2) is 91.2 Å². The summed E-state index contributed by atoms with van der Waals surface area (Å²) in [6.45, 7) is 11.0. The highest BCUT2D eigenvalue weighted by atomic mass is 28.3. The number of hydrogen-bond donors (Lipinski definition) is 1. The van der Waals surface area contributed by atoms with Crippen LogP contribution in [0.15, 0.2) is 12.1 Å². The second-order valence-corrected chi connectivity index (χ2v) is 19.7. The summed E-state index contributed by atoms with van der Waals surface area (Å²) in [5, 5.41) is 11.0. The highest BCUT2D eigenvalue weighted by Crippen LogP contribution is 2.71. The molecule has 37 heavy (non-hydrogen) atoms. The zero-order valence-electron chi connectivity index (χ0n) is 22.7. The van der Waals surface area contributed by atoms with Gasteiger partial charge in [0.25, 0.3) is 0 Å². The Hall–Kier alpha value is -1.57. The number of carbonyl (C=O) groups is 1. The Morgan fingerprint density at radius 2 is 1.89 bits per heavy atom. The Kier molecular flexibility index (Phi) is 4.89. The lowest BCUT2D eigenvalue weighted by Crippen LogP contribution is -2.72. The van der Waals surface area contributed by atoms with Crippen LogP contribution in [0, 0.1) is 11.3 Å². The van der Waals surface area contributed by atoms with Crippen molar-refractivity contribution in [1.29, 1.82) is 0 Å². The first-order valence-corrected chi connectivity index (χ1v) is 18.5. The molecule has 0 radical (unpaired) electrons. The zero-order chi connectivity index (χ0) is 25.2. The van der Waals surface area contributed by atoms with Crippen LogP contribution < -0.4 is 4.74 Å². The topological polar surface area (TPSA) is 56.3 Å². The zero-order valence-corrected chi connectivity index (χ0v) is 23.7. The SMILES string of the molecule is C[Si]1(C)CCN(CC(=O)N2CC[C@@]34CC[C@@H]2[C@@H]2Oc5c(O)ccc6c5[C@@]23CCN(CC2CC2)[C@@H]4C6)CC1. The molecule has 5 aliphatic heterocycles. The number of piperidine rings is 1. The van der Waals surface area contributed by atoms with Gasteiger partial charge in [0.2, 0.25) is 5.91 Å². The Morgan fingerprint density at radius 1 is 1.08 bits per heavy atom. The fraction of sp³-hybridized carbons (Fsp3) is 0.767. The molecule has 4 saturated heterocycles. The first-order chi connectivity index (χ1) is 17.8. The van der Waals surface area contributed by atoms with Gasteiger partial charge in [0.15, 0.2) is 11.5 Å². The fourth-order valence-electron chi connectivity index (χ4n) is 9.90. The number of rotatable bonds is 4. The normalized spacial score (nSPS) is 39.7. The molecule has 6 fully saturated rings. The van der Waals surface area contributed by atoms with Gasteiger partial charge in [-0.3, -0.25) is 14.6 Å². The maximum atomic E-state index is 14.0. The van der Waals surface area contributed by atoms with Gasteiger partial charge in [-0.25, -0.2) is 0 Å². The van der Waals surface area contributed by atoms with Crippen molar-refractivity contribution in [2.75, 3.05) is 39.3 Å². The van der Waals surface area contributed by atoms with Gasteiger partial charge in [0, 0.05) is 43.6 Å². The van der Waals surface area contributed by atoms with E-state index in [2.05, 4.69) is 33.9 Å². The highest BCUT2D eigenvalue weighted by Gasteiger charge is 2.74. The number of aromatic hydroxyl groups is 1. The lowest BCUT2D eigenvalue weighted by molar-refractivity contribution is -0.145.